The number of fused-ring (bicyclic) bond motifs is 1. The number of rotatable bonds is 1. The Bertz CT molecular complexity index is 448. The molecule has 2 heterocycles. The van der Waals surface area contributed by atoms with Gasteiger partial charge in [-0.15, -0.1) is 0 Å². The molecule has 0 aliphatic heterocycles. The number of carbonyl (C=O) groups is 1. The molecule has 13 heavy (non-hydrogen) atoms. The molecule has 66 valence electrons. The van der Waals surface area contributed by atoms with Gasteiger partial charge in [-0.05, 0) is 6.07 Å². The van der Waals surface area contributed by atoms with Crippen molar-refractivity contribution in [3.8, 4) is 5.75 Å². The van der Waals surface area contributed by atoms with Crippen LogP contribution in [0.1, 0.15) is 6.92 Å². The molecule has 2 aromatic rings. The Labute approximate surface area is 74.5 Å². The van der Waals surface area contributed by atoms with Gasteiger partial charge < -0.3 is 9.72 Å². The summed E-state index contributed by atoms with van der Waals surface area (Å²) in [6.07, 6.45) is 5.11. The normalized spacial score (nSPS) is 10.2. The van der Waals surface area contributed by atoms with Crippen molar-refractivity contribution < 1.29 is 9.53 Å². The monoisotopic (exact) mass is 176 g/mol. The Morgan fingerprint density at radius 3 is 3.15 bits per heavy atom. The summed E-state index contributed by atoms with van der Waals surface area (Å²) in [5.41, 5.74) is 0.857. The lowest BCUT2D eigenvalue weighted by molar-refractivity contribution is -0.131. The average Bonchev–Trinajstić information content (AvgIpc) is 2.49. The summed E-state index contributed by atoms with van der Waals surface area (Å²) in [6, 6.07) is 1.76. The molecular weight excluding hydrogens is 168 g/mol. The van der Waals surface area contributed by atoms with Gasteiger partial charge in [-0.25, -0.2) is 0 Å². The third-order valence-electron chi connectivity index (χ3n) is 1.64. The van der Waals surface area contributed by atoms with Gasteiger partial charge >= 0.3 is 5.97 Å². The molecule has 0 spiro atoms. The first-order valence-corrected chi connectivity index (χ1v) is 3.86. The van der Waals surface area contributed by atoms with Crippen LogP contribution in [0.2, 0.25) is 0 Å². The summed E-state index contributed by atoms with van der Waals surface area (Å²) in [4.78, 5) is 17.6. The van der Waals surface area contributed by atoms with Crippen LogP contribution in [0.15, 0.2) is 24.7 Å². The van der Waals surface area contributed by atoms with Gasteiger partial charge in [0.05, 0.1) is 11.7 Å². The van der Waals surface area contributed by atoms with Gasteiger partial charge in [0.2, 0.25) is 0 Å². The first kappa shape index (κ1) is 7.79. The zero-order valence-corrected chi connectivity index (χ0v) is 7.07. The standard InChI is InChI=1S/C9H8N2O2/c1-6(12)13-8-2-7-3-10-5-9(7)11-4-8/h2-5,10H,1H3. The van der Waals surface area contributed by atoms with Gasteiger partial charge in [0, 0.05) is 24.7 Å². The van der Waals surface area contributed by atoms with Crippen molar-refractivity contribution in [2.24, 2.45) is 0 Å². The van der Waals surface area contributed by atoms with Gasteiger partial charge in [0.15, 0.2) is 0 Å². The molecule has 0 fully saturated rings. The molecule has 0 unspecified atom stereocenters. The van der Waals surface area contributed by atoms with Crippen molar-refractivity contribution in [2.45, 2.75) is 6.92 Å². The zero-order valence-electron chi connectivity index (χ0n) is 7.07. The Morgan fingerprint density at radius 1 is 1.54 bits per heavy atom. The number of carbonyl (C=O) groups excluding carboxylic acids is 1. The smallest absolute Gasteiger partial charge is 0.308 e. The number of esters is 1. The lowest BCUT2D eigenvalue weighted by Gasteiger charge is -1.98. The molecule has 0 aliphatic rings. The van der Waals surface area contributed by atoms with Gasteiger partial charge in [0.1, 0.15) is 5.75 Å². The SMILES string of the molecule is CC(=O)Oc1cnc2c[nH]cc2c1. The maximum atomic E-state index is 10.6. The second kappa shape index (κ2) is 2.90. The van der Waals surface area contributed by atoms with Crippen molar-refractivity contribution in [1.82, 2.24) is 9.97 Å². The topological polar surface area (TPSA) is 55.0 Å². The summed E-state index contributed by atoms with van der Waals surface area (Å²) in [7, 11) is 0. The number of nitrogens with one attached hydrogen (secondary N) is 1. The van der Waals surface area contributed by atoms with E-state index in [-0.39, 0.29) is 5.97 Å². The van der Waals surface area contributed by atoms with Crippen molar-refractivity contribution in [3.05, 3.63) is 24.7 Å². The molecule has 0 amide bonds. The molecule has 1 N–H and O–H groups in total. The summed E-state index contributed by atoms with van der Waals surface area (Å²) < 4.78 is 4.88. The van der Waals surface area contributed by atoms with Gasteiger partial charge in [-0.1, -0.05) is 0 Å². The highest BCUT2D eigenvalue weighted by atomic mass is 16.5. The second-order valence-corrected chi connectivity index (χ2v) is 2.69. The second-order valence-electron chi connectivity index (χ2n) is 2.69. The van der Waals surface area contributed by atoms with E-state index in [4.69, 9.17) is 4.74 Å². The van der Waals surface area contributed by atoms with E-state index in [2.05, 4.69) is 9.97 Å². The molecule has 4 nitrogen and oxygen atoms in total. The maximum Gasteiger partial charge on any atom is 0.308 e. The number of aromatic nitrogens is 2. The lowest BCUT2D eigenvalue weighted by Crippen LogP contribution is -2.01. The molecule has 4 heteroatoms. The molecule has 0 bridgehead atoms. The number of hydrogen-bond donors (Lipinski definition) is 1. The van der Waals surface area contributed by atoms with E-state index in [0.717, 1.165) is 10.9 Å². The van der Waals surface area contributed by atoms with Crippen LogP contribution in [0.4, 0.5) is 0 Å². The first-order valence-electron chi connectivity index (χ1n) is 3.86. The Morgan fingerprint density at radius 2 is 2.38 bits per heavy atom. The maximum absolute atomic E-state index is 10.6. The molecule has 2 rings (SSSR count). The Hall–Kier alpha value is -1.84. The first-order chi connectivity index (χ1) is 6.25. The predicted molar refractivity (Wildman–Crippen MR) is 47.4 cm³/mol. The molecule has 0 aromatic carbocycles. The van der Waals surface area contributed by atoms with Crippen LogP contribution >= 0.6 is 0 Å². The zero-order chi connectivity index (χ0) is 9.26. The lowest BCUT2D eigenvalue weighted by atomic mass is 10.3. The minimum Gasteiger partial charge on any atom is -0.425 e. The number of hydrogen-bond acceptors (Lipinski definition) is 3. The minimum absolute atomic E-state index is 0.336. The number of aromatic amines is 1. The summed E-state index contributed by atoms with van der Waals surface area (Å²) in [6.45, 7) is 1.36. The summed E-state index contributed by atoms with van der Waals surface area (Å²) >= 11 is 0. The van der Waals surface area contributed by atoms with Crippen molar-refractivity contribution in [3.63, 3.8) is 0 Å². The highest BCUT2D eigenvalue weighted by molar-refractivity contribution is 5.80. The van der Waals surface area contributed by atoms with E-state index in [1.165, 1.54) is 13.1 Å². The summed E-state index contributed by atoms with van der Waals surface area (Å²) in [5.74, 6) is 0.135. The van der Waals surface area contributed by atoms with Gasteiger partial charge in [-0.2, -0.15) is 0 Å². The highest BCUT2D eigenvalue weighted by Crippen LogP contribution is 2.17. The van der Waals surface area contributed by atoms with Crippen LogP contribution in [0, 0.1) is 0 Å². The molecule has 0 atom stereocenters. The molecule has 0 radical (unpaired) electrons. The van der Waals surface area contributed by atoms with Crippen molar-refractivity contribution in [1.29, 1.82) is 0 Å². The highest BCUT2D eigenvalue weighted by Gasteiger charge is 2.00. The van der Waals surface area contributed by atoms with Gasteiger partial charge in [-0.3, -0.25) is 9.78 Å². The molecule has 2 aromatic heterocycles. The van der Waals surface area contributed by atoms with E-state index in [1.54, 1.807) is 18.5 Å². The van der Waals surface area contributed by atoms with E-state index in [1.807, 2.05) is 0 Å². The molecule has 0 aliphatic carbocycles. The number of ether oxygens (including phenoxy) is 1. The third kappa shape index (κ3) is 1.51. The Balaban J connectivity index is 2.42. The van der Waals surface area contributed by atoms with E-state index in [0.29, 0.717) is 5.75 Å². The largest absolute Gasteiger partial charge is 0.425 e. The van der Waals surface area contributed by atoms with Gasteiger partial charge in [0.25, 0.3) is 0 Å². The summed E-state index contributed by atoms with van der Waals surface area (Å²) in [5, 5.41) is 0.929. The van der Waals surface area contributed by atoms with E-state index < -0.39 is 0 Å². The van der Waals surface area contributed by atoms with Crippen LogP contribution in [-0.4, -0.2) is 15.9 Å². The van der Waals surface area contributed by atoms with Crippen molar-refractivity contribution in [2.75, 3.05) is 0 Å². The predicted octanol–water partition coefficient (Wildman–Crippen LogP) is 1.49. The van der Waals surface area contributed by atoms with Crippen LogP contribution in [0.25, 0.3) is 10.9 Å². The molecular formula is C9H8N2O2. The fourth-order valence-corrected chi connectivity index (χ4v) is 1.14. The number of pyridine rings is 1. The quantitative estimate of drug-likeness (QED) is 0.669. The van der Waals surface area contributed by atoms with Crippen LogP contribution in [-0.2, 0) is 4.79 Å². The molecule has 0 saturated heterocycles. The number of H-pyrrole nitrogens is 1. The average molecular weight is 176 g/mol. The van der Waals surface area contributed by atoms with Crippen LogP contribution in [0.5, 0.6) is 5.75 Å². The fourth-order valence-electron chi connectivity index (χ4n) is 1.14. The van der Waals surface area contributed by atoms with E-state index in [9.17, 15) is 4.79 Å². The van der Waals surface area contributed by atoms with Crippen molar-refractivity contribution >= 4 is 16.9 Å². The molecule has 0 saturated carbocycles. The fraction of sp³-hybridized carbons (Fsp3) is 0.111. The third-order valence-corrected chi connectivity index (χ3v) is 1.64. The Kier molecular flexibility index (Phi) is 1.73. The minimum atomic E-state index is -0.336. The number of nitrogens with zero attached hydrogens (tertiary/aromatic N) is 1. The van der Waals surface area contributed by atoms with E-state index >= 15 is 0 Å². The van der Waals surface area contributed by atoms with Crippen LogP contribution in [0.3, 0.4) is 0 Å². The van der Waals surface area contributed by atoms with Crippen LogP contribution < -0.4 is 4.74 Å².